The number of rotatable bonds is 6. The number of nitrogens with zero attached hydrogens (tertiary/aromatic N) is 1. The molecule has 0 aliphatic carbocycles. The molecule has 0 aliphatic rings. The van der Waals surface area contributed by atoms with Gasteiger partial charge in [-0.2, -0.15) is 0 Å². The van der Waals surface area contributed by atoms with Gasteiger partial charge >= 0.3 is 0 Å². The van der Waals surface area contributed by atoms with Gasteiger partial charge in [-0.3, -0.25) is 9.69 Å². The third-order valence-electron chi connectivity index (χ3n) is 3.10. The van der Waals surface area contributed by atoms with Crippen LogP contribution in [0, 0.1) is 12.7 Å². The summed E-state index contributed by atoms with van der Waals surface area (Å²) in [5.74, 6) is -0.0697. The van der Waals surface area contributed by atoms with E-state index in [1.807, 2.05) is 31.0 Å². The van der Waals surface area contributed by atoms with Crippen molar-refractivity contribution in [3.63, 3.8) is 0 Å². The summed E-state index contributed by atoms with van der Waals surface area (Å²) in [6.07, 6.45) is 0. The van der Waals surface area contributed by atoms with E-state index in [2.05, 4.69) is 0 Å². The number of carbonyl (C=O) groups is 1. The molecule has 1 aromatic heterocycles. The number of hydrogen-bond donors (Lipinski definition) is 0. The van der Waals surface area contributed by atoms with Crippen molar-refractivity contribution >= 4 is 17.1 Å². The summed E-state index contributed by atoms with van der Waals surface area (Å²) >= 11 is 1.50. The lowest BCUT2D eigenvalue weighted by atomic mass is 10.2. The number of ether oxygens (including phenoxy) is 1. The molecule has 0 saturated heterocycles. The monoisotopic (exact) mass is 307 g/mol. The lowest BCUT2D eigenvalue weighted by molar-refractivity contribution is 0.0947. The van der Waals surface area contributed by atoms with Gasteiger partial charge in [0.1, 0.15) is 0 Å². The van der Waals surface area contributed by atoms with Crippen molar-refractivity contribution < 1.29 is 13.9 Å². The maximum atomic E-state index is 13.6. The van der Waals surface area contributed by atoms with E-state index in [0.29, 0.717) is 13.1 Å². The first-order valence-electron chi connectivity index (χ1n) is 6.60. The van der Waals surface area contributed by atoms with Crippen LogP contribution in [0.5, 0.6) is 5.75 Å². The van der Waals surface area contributed by atoms with Crippen molar-refractivity contribution in [3.8, 4) is 5.75 Å². The number of methoxy groups -OCH3 is 1. The SMILES string of the molecule is COc1ccc(CN(C)CC(=O)c2ccc(C)s2)cc1F. The van der Waals surface area contributed by atoms with E-state index in [4.69, 9.17) is 4.74 Å². The molecule has 0 spiro atoms. The average molecular weight is 307 g/mol. The Hall–Kier alpha value is -1.72. The molecular formula is C16H18FNO2S. The number of carbonyl (C=O) groups excluding carboxylic acids is 1. The van der Waals surface area contributed by atoms with Crippen LogP contribution in [0.2, 0.25) is 0 Å². The van der Waals surface area contributed by atoms with Crippen molar-refractivity contribution in [1.29, 1.82) is 0 Å². The molecule has 0 atom stereocenters. The second-order valence-electron chi connectivity index (χ2n) is 4.97. The zero-order valence-electron chi connectivity index (χ0n) is 12.4. The maximum absolute atomic E-state index is 13.6. The third-order valence-corrected chi connectivity index (χ3v) is 4.14. The smallest absolute Gasteiger partial charge is 0.186 e. The number of halogens is 1. The summed E-state index contributed by atoms with van der Waals surface area (Å²) in [6.45, 7) is 2.80. The van der Waals surface area contributed by atoms with E-state index in [1.165, 1.54) is 24.5 Å². The first kappa shape index (κ1) is 15.7. The molecule has 0 aliphatic heterocycles. The van der Waals surface area contributed by atoms with Gasteiger partial charge in [-0.05, 0) is 43.8 Å². The molecular weight excluding hydrogens is 289 g/mol. The van der Waals surface area contributed by atoms with E-state index >= 15 is 0 Å². The highest BCUT2D eigenvalue weighted by Gasteiger charge is 2.12. The van der Waals surface area contributed by atoms with Crippen LogP contribution in [0.3, 0.4) is 0 Å². The number of likely N-dealkylation sites (N-methyl/N-ethyl adjacent to an activating group) is 1. The van der Waals surface area contributed by atoms with E-state index < -0.39 is 0 Å². The minimum atomic E-state index is -0.386. The first-order valence-corrected chi connectivity index (χ1v) is 7.42. The highest BCUT2D eigenvalue weighted by molar-refractivity contribution is 7.14. The molecule has 3 nitrogen and oxygen atoms in total. The minimum Gasteiger partial charge on any atom is -0.494 e. The lowest BCUT2D eigenvalue weighted by Gasteiger charge is -2.15. The average Bonchev–Trinajstić information content (AvgIpc) is 2.85. The maximum Gasteiger partial charge on any atom is 0.186 e. The highest BCUT2D eigenvalue weighted by Crippen LogP contribution is 2.19. The Kier molecular flexibility index (Phi) is 5.09. The van der Waals surface area contributed by atoms with Crippen LogP contribution in [0.1, 0.15) is 20.1 Å². The Bertz CT molecular complexity index is 639. The van der Waals surface area contributed by atoms with Crippen LogP contribution < -0.4 is 4.74 Å². The van der Waals surface area contributed by atoms with Gasteiger partial charge in [0.2, 0.25) is 0 Å². The van der Waals surface area contributed by atoms with Gasteiger partial charge in [0.25, 0.3) is 0 Å². The number of aryl methyl sites for hydroxylation is 1. The Morgan fingerprint density at radius 1 is 1.33 bits per heavy atom. The molecule has 1 heterocycles. The molecule has 0 fully saturated rings. The van der Waals surface area contributed by atoms with Crippen molar-refractivity contribution in [2.24, 2.45) is 0 Å². The Labute approximate surface area is 128 Å². The summed E-state index contributed by atoms with van der Waals surface area (Å²) in [5.41, 5.74) is 0.811. The number of benzene rings is 1. The molecule has 0 amide bonds. The number of Topliss-reactive ketones (excluding diaryl/α,β-unsaturated/α-hetero) is 1. The van der Waals surface area contributed by atoms with Gasteiger partial charge in [0, 0.05) is 11.4 Å². The standard InChI is InChI=1S/C16H18FNO2S/c1-11-4-7-16(21-11)14(19)10-18(2)9-12-5-6-15(20-3)13(17)8-12/h4-8H,9-10H2,1-3H3. The molecule has 1 aromatic carbocycles. The van der Waals surface area contributed by atoms with Crippen molar-refractivity contribution in [2.75, 3.05) is 20.7 Å². The fraction of sp³-hybridized carbons (Fsp3) is 0.312. The molecule has 0 N–H and O–H groups in total. The Morgan fingerprint density at radius 3 is 2.67 bits per heavy atom. The normalized spacial score (nSPS) is 10.9. The third kappa shape index (κ3) is 4.12. The summed E-state index contributed by atoms with van der Waals surface area (Å²) in [6, 6.07) is 8.64. The van der Waals surface area contributed by atoms with Gasteiger partial charge in [-0.1, -0.05) is 6.07 Å². The van der Waals surface area contributed by atoms with Crippen LogP contribution in [-0.4, -0.2) is 31.4 Å². The quantitative estimate of drug-likeness (QED) is 0.765. The predicted molar refractivity (Wildman–Crippen MR) is 82.7 cm³/mol. The van der Waals surface area contributed by atoms with Gasteiger partial charge in [0.15, 0.2) is 17.3 Å². The number of hydrogen-bond acceptors (Lipinski definition) is 4. The van der Waals surface area contributed by atoms with E-state index in [0.717, 1.165) is 15.3 Å². The van der Waals surface area contributed by atoms with Crippen LogP contribution in [0.4, 0.5) is 4.39 Å². The van der Waals surface area contributed by atoms with Gasteiger partial charge in [-0.25, -0.2) is 4.39 Å². The summed E-state index contributed by atoms with van der Waals surface area (Å²) in [5, 5.41) is 0. The first-order chi connectivity index (χ1) is 9.99. The Balaban J connectivity index is 1.96. The molecule has 0 bridgehead atoms. The molecule has 21 heavy (non-hydrogen) atoms. The second-order valence-corrected chi connectivity index (χ2v) is 6.26. The zero-order chi connectivity index (χ0) is 15.4. The molecule has 112 valence electrons. The molecule has 0 radical (unpaired) electrons. The van der Waals surface area contributed by atoms with Crippen LogP contribution in [-0.2, 0) is 6.54 Å². The van der Waals surface area contributed by atoms with Crippen LogP contribution >= 0.6 is 11.3 Å². The molecule has 2 rings (SSSR count). The minimum absolute atomic E-state index is 0.0876. The largest absolute Gasteiger partial charge is 0.494 e. The van der Waals surface area contributed by atoms with Crippen molar-refractivity contribution in [3.05, 3.63) is 51.5 Å². The lowest BCUT2D eigenvalue weighted by Crippen LogP contribution is -2.25. The van der Waals surface area contributed by atoms with Crippen molar-refractivity contribution in [2.45, 2.75) is 13.5 Å². The number of ketones is 1. The highest BCUT2D eigenvalue weighted by atomic mass is 32.1. The van der Waals surface area contributed by atoms with E-state index in [9.17, 15) is 9.18 Å². The van der Waals surface area contributed by atoms with Crippen LogP contribution in [0.25, 0.3) is 0 Å². The van der Waals surface area contributed by atoms with E-state index in [1.54, 1.807) is 12.1 Å². The second kappa shape index (κ2) is 6.83. The molecule has 5 heteroatoms. The van der Waals surface area contributed by atoms with E-state index in [-0.39, 0.29) is 17.3 Å². The number of thiophene rings is 1. The van der Waals surface area contributed by atoms with Gasteiger partial charge in [0.05, 0.1) is 18.5 Å². The molecule has 0 saturated carbocycles. The molecule has 0 unspecified atom stereocenters. The fourth-order valence-electron chi connectivity index (χ4n) is 2.08. The van der Waals surface area contributed by atoms with Gasteiger partial charge < -0.3 is 4.74 Å². The van der Waals surface area contributed by atoms with Gasteiger partial charge in [-0.15, -0.1) is 11.3 Å². The molecule has 2 aromatic rings. The van der Waals surface area contributed by atoms with Crippen LogP contribution in [0.15, 0.2) is 30.3 Å². The van der Waals surface area contributed by atoms with Crippen molar-refractivity contribution in [1.82, 2.24) is 4.90 Å². The summed E-state index contributed by atoms with van der Waals surface area (Å²) in [7, 11) is 3.28. The fourth-order valence-corrected chi connectivity index (χ4v) is 2.88. The topological polar surface area (TPSA) is 29.5 Å². The Morgan fingerprint density at radius 2 is 2.10 bits per heavy atom. The predicted octanol–water partition coefficient (Wildman–Crippen LogP) is 3.52. The zero-order valence-corrected chi connectivity index (χ0v) is 13.2. The summed E-state index contributed by atoms with van der Waals surface area (Å²) < 4.78 is 18.5. The summed E-state index contributed by atoms with van der Waals surface area (Å²) in [4.78, 5) is 15.9.